The minimum absolute atomic E-state index is 0.0139. The van der Waals surface area contributed by atoms with Crippen LogP contribution in [0.15, 0.2) is 41.1 Å². The Morgan fingerprint density at radius 1 is 1.06 bits per heavy atom. The standard InChI is InChI=1S/C21H17F3N4O4/c22-21(23,24)17-4-2-14(10-25-17)20(29)28-7-5-12(6-8-28)19-26-18(27-32-19)13-1-3-15-16(9-13)31-11-30-15/h1-4,9-10,12H,5-8,11H2. The first-order valence-electron chi connectivity index (χ1n) is 9.94. The van der Waals surface area contributed by atoms with Gasteiger partial charge in [0.15, 0.2) is 11.5 Å². The molecule has 0 spiro atoms. The smallest absolute Gasteiger partial charge is 0.433 e. The van der Waals surface area contributed by atoms with E-state index in [1.165, 1.54) is 0 Å². The van der Waals surface area contributed by atoms with Gasteiger partial charge in [-0.15, -0.1) is 0 Å². The maximum atomic E-state index is 12.7. The Bertz CT molecular complexity index is 1140. The van der Waals surface area contributed by atoms with Gasteiger partial charge in [0.2, 0.25) is 18.5 Å². The molecule has 32 heavy (non-hydrogen) atoms. The fourth-order valence-corrected chi connectivity index (χ4v) is 3.75. The van der Waals surface area contributed by atoms with E-state index in [1.54, 1.807) is 17.0 Å². The predicted molar refractivity (Wildman–Crippen MR) is 103 cm³/mol. The van der Waals surface area contributed by atoms with E-state index >= 15 is 0 Å². The first-order valence-corrected chi connectivity index (χ1v) is 9.94. The van der Waals surface area contributed by atoms with Crippen molar-refractivity contribution in [1.82, 2.24) is 20.0 Å². The number of aromatic nitrogens is 3. The Morgan fingerprint density at radius 3 is 2.56 bits per heavy atom. The third-order valence-corrected chi connectivity index (χ3v) is 5.50. The van der Waals surface area contributed by atoms with Gasteiger partial charge in [-0.2, -0.15) is 18.2 Å². The molecule has 4 heterocycles. The van der Waals surface area contributed by atoms with Crippen molar-refractivity contribution in [1.29, 1.82) is 0 Å². The minimum Gasteiger partial charge on any atom is -0.454 e. The van der Waals surface area contributed by atoms with Crippen LogP contribution in [0.2, 0.25) is 0 Å². The number of alkyl halides is 3. The zero-order valence-corrected chi connectivity index (χ0v) is 16.6. The molecule has 1 saturated heterocycles. The number of benzene rings is 1. The molecule has 5 rings (SSSR count). The molecular formula is C21H17F3N4O4. The third-order valence-electron chi connectivity index (χ3n) is 5.50. The predicted octanol–water partition coefficient (Wildman–Crippen LogP) is 3.90. The van der Waals surface area contributed by atoms with E-state index in [4.69, 9.17) is 14.0 Å². The molecule has 0 radical (unpaired) electrons. The number of fused-ring (bicyclic) bond motifs is 1. The Balaban J connectivity index is 1.22. The summed E-state index contributed by atoms with van der Waals surface area (Å²) in [5, 5.41) is 4.05. The molecule has 2 aromatic heterocycles. The lowest BCUT2D eigenvalue weighted by Crippen LogP contribution is -2.38. The van der Waals surface area contributed by atoms with Gasteiger partial charge in [-0.1, -0.05) is 5.16 Å². The molecule has 0 N–H and O–H groups in total. The molecule has 0 atom stereocenters. The van der Waals surface area contributed by atoms with Crippen LogP contribution in [-0.4, -0.2) is 45.8 Å². The molecule has 2 aliphatic rings. The van der Waals surface area contributed by atoms with Crippen LogP contribution in [0.25, 0.3) is 11.4 Å². The van der Waals surface area contributed by atoms with Crippen molar-refractivity contribution >= 4 is 5.91 Å². The molecule has 1 fully saturated rings. The van der Waals surface area contributed by atoms with Crippen molar-refractivity contribution in [2.75, 3.05) is 19.9 Å². The van der Waals surface area contributed by atoms with Crippen LogP contribution in [0, 0.1) is 0 Å². The number of carbonyl (C=O) groups excluding carboxylic acids is 1. The van der Waals surface area contributed by atoms with Crippen molar-refractivity contribution in [3.05, 3.63) is 53.7 Å². The topological polar surface area (TPSA) is 90.6 Å². The first kappa shape index (κ1) is 20.3. The number of likely N-dealkylation sites (tertiary alicyclic amines) is 1. The molecule has 0 unspecified atom stereocenters. The number of nitrogens with zero attached hydrogens (tertiary/aromatic N) is 4. The van der Waals surface area contributed by atoms with Crippen molar-refractivity contribution in [3.63, 3.8) is 0 Å². The van der Waals surface area contributed by atoms with Gasteiger partial charge in [-0.3, -0.25) is 9.78 Å². The number of halogens is 3. The SMILES string of the molecule is O=C(c1ccc(C(F)(F)F)nc1)N1CCC(c2nc(-c3ccc4c(c3)OCO4)no2)CC1. The third kappa shape index (κ3) is 3.85. The quantitative estimate of drug-likeness (QED) is 0.603. The van der Waals surface area contributed by atoms with Gasteiger partial charge in [0, 0.05) is 30.8 Å². The highest BCUT2D eigenvalue weighted by molar-refractivity contribution is 5.94. The fraction of sp³-hybridized carbons (Fsp3) is 0.333. The largest absolute Gasteiger partial charge is 0.454 e. The second kappa shape index (κ2) is 7.81. The van der Waals surface area contributed by atoms with E-state index in [2.05, 4.69) is 15.1 Å². The van der Waals surface area contributed by atoms with E-state index in [9.17, 15) is 18.0 Å². The van der Waals surface area contributed by atoms with Gasteiger partial charge < -0.3 is 18.9 Å². The van der Waals surface area contributed by atoms with E-state index in [0.29, 0.717) is 49.1 Å². The molecule has 2 aliphatic heterocycles. The number of carbonyl (C=O) groups is 1. The molecular weight excluding hydrogens is 429 g/mol. The van der Waals surface area contributed by atoms with E-state index in [0.717, 1.165) is 23.9 Å². The number of amides is 1. The Labute approximate surface area is 180 Å². The monoisotopic (exact) mass is 446 g/mol. The molecule has 1 amide bonds. The molecule has 3 aromatic rings. The second-order valence-electron chi connectivity index (χ2n) is 7.52. The fourth-order valence-electron chi connectivity index (χ4n) is 3.75. The summed E-state index contributed by atoms with van der Waals surface area (Å²) in [4.78, 5) is 22.1. The normalized spacial score (nSPS) is 16.4. The van der Waals surface area contributed by atoms with Crippen LogP contribution in [-0.2, 0) is 6.18 Å². The second-order valence-corrected chi connectivity index (χ2v) is 7.52. The number of hydrogen-bond acceptors (Lipinski definition) is 7. The maximum Gasteiger partial charge on any atom is 0.433 e. The average Bonchev–Trinajstić information content (AvgIpc) is 3.47. The van der Waals surface area contributed by atoms with Crippen molar-refractivity contribution in [2.24, 2.45) is 0 Å². The van der Waals surface area contributed by atoms with Crippen LogP contribution >= 0.6 is 0 Å². The number of pyridine rings is 1. The highest BCUT2D eigenvalue weighted by atomic mass is 19.4. The van der Waals surface area contributed by atoms with Gasteiger partial charge in [0.1, 0.15) is 5.69 Å². The molecule has 1 aromatic carbocycles. The maximum absolute atomic E-state index is 12.7. The summed E-state index contributed by atoms with van der Waals surface area (Å²) >= 11 is 0. The summed E-state index contributed by atoms with van der Waals surface area (Å²) in [6.45, 7) is 1.02. The average molecular weight is 446 g/mol. The zero-order chi connectivity index (χ0) is 22.3. The van der Waals surface area contributed by atoms with Gasteiger partial charge in [0.25, 0.3) is 5.91 Å². The van der Waals surface area contributed by atoms with Crippen LogP contribution < -0.4 is 9.47 Å². The van der Waals surface area contributed by atoms with Crippen LogP contribution in [0.5, 0.6) is 11.5 Å². The van der Waals surface area contributed by atoms with Gasteiger partial charge in [-0.25, -0.2) is 0 Å². The molecule has 0 aliphatic carbocycles. The highest BCUT2D eigenvalue weighted by Gasteiger charge is 2.33. The zero-order valence-electron chi connectivity index (χ0n) is 16.6. The molecule has 0 bridgehead atoms. The number of rotatable bonds is 3. The molecule has 166 valence electrons. The summed E-state index contributed by atoms with van der Waals surface area (Å²) in [6, 6.07) is 7.36. The van der Waals surface area contributed by atoms with Crippen LogP contribution in [0.3, 0.4) is 0 Å². The van der Waals surface area contributed by atoms with Crippen molar-refractivity contribution in [3.8, 4) is 22.9 Å². The first-order chi connectivity index (χ1) is 15.4. The van der Waals surface area contributed by atoms with Crippen molar-refractivity contribution in [2.45, 2.75) is 24.9 Å². The lowest BCUT2D eigenvalue weighted by Gasteiger charge is -2.30. The summed E-state index contributed by atoms with van der Waals surface area (Å²) in [5.74, 6) is 1.85. The van der Waals surface area contributed by atoms with Crippen LogP contribution in [0.4, 0.5) is 13.2 Å². The van der Waals surface area contributed by atoms with Gasteiger partial charge in [-0.05, 0) is 43.2 Å². The molecule has 8 nitrogen and oxygen atoms in total. The molecule has 0 saturated carbocycles. The number of piperidine rings is 1. The van der Waals surface area contributed by atoms with Crippen LogP contribution in [0.1, 0.15) is 40.7 Å². The highest BCUT2D eigenvalue weighted by Crippen LogP contribution is 2.36. The van der Waals surface area contributed by atoms with Gasteiger partial charge in [0.05, 0.1) is 5.56 Å². The summed E-state index contributed by atoms with van der Waals surface area (Å²) < 4.78 is 54.1. The minimum atomic E-state index is -4.54. The summed E-state index contributed by atoms with van der Waals surface area (Å²) in [7, 11) is 0. The summed E-state index contributed by atoms with van der Waals surface area (Å²) in [6.07, 6.45) is -2.37. The van der Waals surface area contributed by atoms with Crippen molar-refractivity contribution < 1.29 is 32.0 Å². The Morgan fingerprint density at radius 2 is 1.84 bits per heavy atom. The Hall–Kier alpha value is -3.63. The Kier molecular flexibility index (Phi) is 4.95. The van der Waals surface area contributed by atoms with E-state index in [1.807, 2.05) is 6.07 Å². The number of hydrogen-bond donors (Lipinski definition) is 0. The molecule has 11 heteroatoms. The lowest BCUT2D eigenvalue weighted by atomic mass is 9.96. The van der Waals surface area contributed by atoms with E-state index in [-0.39, 0.29) is 24.2 Å². The van der Waals surface area contributed by atoms with Gasteiger partial charge >= 0.3 is 6.18 Å². The lowest BCUT2D eigenvalue weighted by molar-refractivity contribution is -0.141. The van der Waals surface area contributed by atoms with E-state index < -0.39 is 11.9 Å². The summed E-state index contributed by atoms with van der Waals surface area (Å²) in [5.41, 5.74) is -0.159. The number of ether oxygens (including phenoxy) is 2.